The number of ether oxygens (including phenoxy) is 2. The number of fused-ring (bicyclic) bond motifs is 1. The number of anilines is 1. The normalized spacial score (nSPS) is 16.3. The van der Waals surface area contributed by atoms with E-state index in [0.29, 0.717) is 0 Å². The molecule has 0 bridgehead atoms. The van der Waals surface area contributed by atoms with Crippen molar-refractivity contribution in [3.8, 4) is 5.75 Å². The number of rotatable bonds is 5. The summed E-state index contributed by atoms with van der Waals surface area (Å²) in [5.74, 6) is -1.67. The first-order chi connectivity index (χ1) is 14.0. The van der Waals surface area contributed by atoms with E-state index in [1.807, 2.05) is 50.1 Å². The highest BCUT2D eigenvalue weighted by molar-refractivity contribution is 5.96. The van der Waals surface area contributed by atoms with Crippen LogP contribution >= 0.6 is 0 Å². The Labute approximate surface area is 171 Å². The Morgan fingerprint density at radius 1 is 1.07 bits per heavy atom. The number of carbonyl (C=O) groups excluding carboxylic acids is 2. The number of likely N-dealkylation sites (N-methyl/N-ethyl adjacent to an activating group) is 1. The highest BCUT2D eigenvalue weighted by Crippen LogP contribution is 2.46. The summed E-state index contributed by atoms with van der Waals surface area (Å²) in [6.45, 7) is 3.53. The van der Waals surface area contributed by atoms with E-state index < -0.39 is 30.5 Å². The second-order valence-corrected chi connectivity index (χ2v) is 7.35. The van der Waals surface area contributed by atoms with Crippen LogP contribution in [0.25, 0.3) is 0 Å². The van der Waals surface area contributed by atoms with Crippen LogP contribution in [0.3, 0.4) is 0 Å². The predicted octanol–water partition coefficient (Wildman–Crippen LogP) is 4.62. The van der Waals surface area contributed by atoms with Crippen LogP contribution in [0.1, 0.15) is 29.8 Å². The molecule has 2 aromatic rings. The lowest BCUT2D eigenvalue weighted by Gasteiger charge is -2.23. The summed E-state index contributed by atoms with van der Waals surface area (Å²) in [4.78, 5) is 26.4. The summed E-state index contributed by atoms with van der Waals surface area (Å²) in [7, 11) is 1.86. The van der Waals surface area contributed by atoms with Crippen LogP contribution in [-0.2, 0) is 14.9 Å². The van der Waals surface area contributed by atoms with Crippen molar-refractivity contribution in [2.24, 2.45) is 0 Å². The quantitative estimate of drug-likeness (QED) is 0.523. The third-order valence-electron chi connectivity index (χ3n) is 4.91. The lowest BCUT2D eigenvalue weighted by atomic mass is 9.83. The Hall–Kier alpha value is -3.29. The number of carbonyl (C=O) groups is 2. The van der Waals surface area contributed by atoms with E-state index in [0.717, 1.165) is 41.2 Å². The van der Waals surface area contributed by atoms with E-state index >= 15 is 0 Å². The Morgan fingerprint density at radius 3 is 2.30 bits per heavy atom. The van der Waals surface area contributed by atoms with E-state index in [1.165, 1.54) is 6.08 Å². The minimum Gasteiger partial charge on any atom is -0.454 e. The van der Waals surface area contributed by atoms with Gasteiger partial charge in [-0.15, -0.1) is 13.2 Å². The lowest BCUT2D eigenvalue weighted by molar-refractivity contribution is -0.274. The van der Waals surface area contributed by atoms with Crippen molar-refractivity contribution in [1.82, 2.24) is 0 Å². The molecule has 0 aliphatic carbocycles. The summed E-state index contributed by atoms with van der Waals surface area (Å²) in [6.07, 6.45) is -3.36. The third kappa shape index (κ3) is 4.48. The van der Waals surface area contributed by atoms with Crippen LogP contribution in [0, 0.1) is 0 Å². The Morgan fingerprint density at radius 2 is 1.70 bits per heavy atom. The zero-order chi connectivity index (χ0) is 22.1. The summed E-state index contributed by atoms with van der Waals surface area (Å²) >= 11 is 0. The van der Waals surface area contributed by atoms with Gasteiger partial charge in [0.25, 0.3) is 0 Å². The van der Waals surface area contributed by atoms with Crippen molar-refractivity contribution in [3.05, 3.63) is 71.4 Å². The highest BCUT2D eigenvalue weighted by atomic mass is 19.4. The minimum absolute atomic E-state index is 0.00990. The predicted molar refractivity (Wildman–Crippen MR) is 104 cm³/mol. The number of allylic oxidation sites excluding steroid dienone is 1. The second-order valence-electron chi connectivity index (χ2n) is 7.35. The molecule has 2 aromatic carbocycles. The first-order valence-electron chi connectivity index (χ1n) is 9.10. The summed E-state index contributed by atoms with van der Waals surface area (Å²) in [5.41, 5.74) is 2.48. The molecular weight excluding hydrogens is 399 g/mol. The molecule has 0 amide bonds. The van der Waals surface area contributed by atoms with Crippen LogP contribution in [0.5, 0.6) is 5.75 Å². The van der Waals surface area contributed by atoms with Gasteiger partial charge in [0.15, 0.2) is 12.4 Å². The molecule has 0 fully saturated rings. The van der Waals surface area contributed by atoms with Crippen LogP contribution in [-0.4, -0.2) is 31.8 Å². The maximum Gasteiger partial charge on any atom is 0.573 e. The zero-order valence-corrected chi connectivity index (χ0v) is 16.6. The Bertz CT molecular complexity index is 994. The van der Waals surface area contributed by atoms with E-state index in [9.17, 15) is 22.8 Å². The summed E-state index contributed by atoms with van der Waals surface area (Å²) in [6, 6.07) is 12.1. The fourth-order valence-electron chi connectivity index (χ4n) is 3.47. The van der Waals surface area contributed by atoms with Gasteiger partial charge < -0.3 is 14.4 Å². The summed E-state index contributed by atoms with van der Waals surface area (Å²) < 4.78 is 45.3. The number of alkyl halides is 3. The number of hydrogen-bond acceptors (Lipinski definition) is 5. The van der Waals surface area contributed by atoms with Gasteiger partial charge >= 0.3 is 12.3 Å². The second kappa shape index (κ2) is 7.85. The molecule has 158 valence electrons. The first-order valence-corrected chi connectivity index (χ1v) is 9.10. The summed E-state index contributed by atoms with van der Waals surface area (Å²) in [5, 5.41) is 0. The maximum atomic E-state index is 12.4. The molecular formula is C22H20F3NO4. The van der Waals surface area contributed by atoms with Gasteiger partial charge in [-0.1, -0.05) is 32.0 Å². The molecule has 0 saturated carbocycles. The molecule has 1 aliphatic heterocycles. The molecule has 0 aromatic heterocycles. The largest absolute Gasteiger partial charge is 0.573 e. The lowest BCUT2D eigenvalue weighted by Crippen LogP contribution is -2.25. The fourth-order valence-corrected chi connectivity index (χ4v) is 3.47. The Kier molecular flexibility index (Phi) is 5.61. The van der Waals surface area contributed by atoms with Crippen molar-refractivity contribution >= 4 is 17.4 Å². The average molecular weight is 419 g/mol. The van der Waals surface area contributed by atoms with Gasteiger partial charge in [0.05, 0.1) is 5.56 Å². The van der Waals surface area contributed by atoms with Gasteiger partial charge in [-0.3, -0.25) is 4.79 Å². The number of hydrogen-bond donors (Lipinski definition) is 0. The molecule has 0 saturated heterocycles. The number of benzene rings is 2. The molecule has 30 heavy (non-hydrogen) atoms. The molecule has 8 heteroatoms. The van der Waals surface area contributed by atoms with Gasteiger partial charge in [0.1, 0.15) is 5.75 Å². The molecule has 0 unspecified atom stereocenters. The number of para-hydroxylation sites is 1. The number of esters is 1. The van der Waals surface area contributed by atoms with Crippen LogP contribution in [0.2, 0.25) is 0 Å². The van der Waals surface area contributed by atoms with Crippen molar-refractivity contribution in [2.75, 3.05) is 18.6 Å². The number of ketones is 1. The molecule has 1 heterocycles. The Balaban J connectivity index is 1.64. The molecule has 0 N–H and O–H groups in total. The van der Waals surface area contributed by atoms with E-state index in [4.69, 9.17) is 4.74 Å². The van der Waals surface area contributed by atoms with Crippen molar-refractivity contribution in [3.63, 3.8) is 0 Å². The zero-order valence-electron chi connectivity index (χ0n) is 16.6. The van der Waals surface area contributed by atoms with Crippen LogP contribution in [0.4, 0.5) is 18.9 Å². The molecule has 5 nitrogen and oxygen atoms in total. The smallest absolute Gasteiger partial charge is 0.454 e. The van der Waals surface area contributed by atoms with Crippen LogP contribution < -0.4 is 9.64 Å². The van der Waals surface area contributed by atoms with E-state index in [1.54, 1.807) is 0 Å². The molecule has 3 rings (SSSR count). The maximum absolute atomic E-state index is 12.4. The van der Waals surface area contributed by atoms with Gasteiger partial charge in [-0.25, -0.2) is 4.79 Å². The molecule has 0 spiro atoms. The first kappa shape index (κ1) is 21.4. The standard InChI is InChI=1S/C22H20F3NO4/c1-21(2)17-6-4-5-7-18(17)26(3)19(21)12-15(27)13-29-20(28)14-8-10-16(11-9-14)30-22(23,24)25/h4-12H,13H2,1-3H3. The third-order valence-corrected chi connectivity index (χ3v) is 4.91. The topological polar surface area (TPSA) is 55.8 Å². The van der Waals surface area contributed by atoms with Gasteiger partial charge in [0.2, 0.25) is 0 Å². The number of halogens is 3. The SMILES string of the molecule is CN1C(=CC(=O)COC(=O)c2ccc(OC(F)(F)F)cc2)C(C)(C)c2ccccc21. The van der Waals surface area contributed by atoms with Crippen molar-refractivity contribution in [2.45, 2.75) is 25.6 Å². The number of nitrogens with zero attached hydrogens (tertiary/aromatic N) is 1. The molecule has 0 radical (unpaired) electrons. The van der Waals surface area contributed by atoms with Gasteiger partial charge in [-0.2, -0.15) is 0 Å². The van der Waals surface area contributed by atoms with Gasteiger partial charge in [0, 0.05) is 29.9 Å². The van der Waals surface area contributed by atoms with Crippen LogP contribution in [0.15, 0.2) is 60.3 Å². The minimum atomic E-state index is -4.82. The van der Waals surface area contributed by atoms with Gasteiger partial charge in [-0.05, 0) is 35.9 Å². The van der Waals surface area contributed by atoms with E-state index in [-0.39, 0.29) is 11.0 Å². The average Bonchev–Trinajstić information content (AvgIpc) is 2.86. The molecule has 0 atom stereocenters. The van der Waals surface area contributed by atoms with E-state index in [2.05, 4.69) is 4.74 Å². The molecule has 1 aliphatic rings. The monoisotopic (exact) mass is 419 g/mol. The van der Waals surface area contributed by atoms with Crippen molar-refractivity contribution in [1.29, 1.82) is 0 Å². The highest BCUT2D eigenvalue weighted by Gasteiger charge is 2.38. The fraction of sp³-hybridized carbons (Fsp3) is 0.273. The van der Waals surface area contributed by atoms with Crippen molar-refractivity contribution < 1.29 is 32.2 Å².